The average Bonchev–Trinajstić information content (AvgIpc) is 2.87. The zero-order valence-corrected chi connectivity index (χ0v) is 10.4. The summed E-state index contributed by atoms with van der Waals surface area (Å²) in [7, 11) is 0. The number of hydrogen-bond acceptors (Lipinski definition) is 6. The Morgan fingerprint density at radius 2 is 2.30 bits per heavy atom. The number of nitrogens with one attached hydrogen (secondary N) is 1. The Hall–Kier alpha value is -3.03. The molecule has 0 aliphatic rings. The Balaban J connectivity index is 1.99. The van der Waals surface area contributed by atoms with Gasteiger partial charge in [-0.05, 0) is 25.1 Å². The Morgan fingerprint density at radius 1 is 1.50 bits per heavy atom. The lowest BCUT2D eigenvalue weighted by Crippen LogP contribution is -2.17. The number of aryl methyl sites for hydroxylation is 1. The average molecular weight is 274 g/mol. The van der Waals surface area contributed by atoms with Gasteiger partial charge in [0.15, 0.2) is 5.76 Å². The van der Waals surface area contributed by atoms with E-state index in [2.05, 4.69) is 15.5 Å². The molecule has 0 saturated heterocycles. The Labute approximate surface area is 113 Å². The van der Waals surface area contributed by atoms with E-state index in [0.29, 0.717) is 11.3 Å². The van der Waals surface area contributed by atoms with Crippen LogP contribution in [0.25, 0.3) is 0 Å². The summed E-state index contributed by atoms with van der Waals surface area (Å²) < 4.78 is 4.84. The lowest BCUT2D eigenvalue weighted by atomic mass is 10.2. The predicted octanol–water partition coefficient (Wildman–Crippen LogP) is 1.66. The zero-order chi connectivity index (χ0) is 14.5. The van der Waals surface area contributed by atoms with Crippen molar-refractivity contribution in [1.29, 1.82) is 0 Å². The van der Waals surface area contributed by atoms with Gasteiger partial charge in [-0.3, -0.25) is 19.9 Å². The van der Waals surface area contributed by atoms with Gasteiger partial charge in [-0.25, -0.2) is 5.43 Å². The minimum atomic E-state index is -0.657. The molecule has 0 fully saturated rings. The van der Waals surface area contributed by atoms with Gasteiger partial charge in [0.25, 0.3) is 5.91 Å². The molecule has 0 aromatic carbocycles. The molecular formula is C12H10N4O4. The van der Waals surface area contributed by atoms with Crippen molar-refractivity contribution >= 4 is 18.0 Å². The molecule has 0 spiro atoms. The number of hydrogen-bond donors (Lipinski definition) is 1. The number of furan rings is 1. The van der Waals surface area contributed by atoms with Crippen LogP contribution in [-0.4, -0.2) is 22.0 Å². The second-order valence-electron chi connectivity index (χ2n) is 3.82. The molecule has 2 aromatic rings. The van der Waals surface area contributed by atoms with Crippen LogP contribution in [-0.2, 0) is 0 Å². The number of carbonyl (C=O) groups excluding carboxylic acids is 1. The summed E-state index contributed by atoms with van der Waals surface area (Å²) in [6.07, 6.45) is 2.70. The number of pyridine rings is 1. The Morgan fingerprint density at radius 3 is 2.95 bits per heavy atom. The standard InChI is InChI=1S/C12H10N4O4/c1-8-6-9(4-5-13-8)12(17)15-14-7-10-2-3-11(20-10)16(18)19/h2-7H,1H3,(H,15,17). The van der Waals surface area contributed by atoms with E-state index >= 15 is 0 Å². The third kappa shape index (κ3) is 3.25. The number of aromatic nitrogens is 1. The van der Waals surface area contributed by atoms with Crippen LogP contribution in [0, 0.1) is 17.0 Å². The SMILES string of the molecule is Cc1cc(C(=O)NN=Cc2ccc([N+](=O)[O-])o2)ccn1. The molecule has 1 N–H and O–H groups in total. The normalized spacial score (nSPS) is 10.7. The van der Waals surface area contributed by atoms with Gasteiger partial charge in [0, 0.05) is 17.5 Å². The van der Waals surface area contributed by atoms with Crippen molar-refractivity contribution in [2.45, 2.75) is 6.92 Å². The maximum atomic E-state index is 11.7. The van der Waals surface area contributed by atoms with E-state index in [1.807, 2.05) is 0 Å². The smallest absolute Gasteiger partial charge is 0.400 e. The summed E-state index contributed by atoms with van der Waals surface area (Å²) >= 11 is 0. The van der Waals surface area contributed by atoms with Crippen molar-refractivity contribution in [2.24, 2.45) is 5.10 Å². The highest BCUT2D eigenvalue weighted by molar-refractivity contribution is 5.94. The van der Waals surface area contributed by atoms with Gasteiger partial charge in [0.05, 0.1) is 12.3 Å². The van der Waals surface area contributed by atoms with E-state index in [-0.39, 0.29) is 11.6 Å². The van der Waals surface area contributed by atoms with Gasteiger partial charge < -0.3 is 4.42 Å². The topological polar surface area (TPSA) is 111 Å². The number of nitro groups is 1. The van der Waals surface area contributed by atoms with Crippen LogP contribution in [0.4, 0.5) is 5.88 Å². The predicted molar refractivity (Wildman–Crippen MR) is 69.4 cm³/mol. The molecule has 2 aromatic heterocycles. The molecule has 8 heteroatoms. The zero-order valence-electron chi connectivity index (χ0n) is 10.4. The molecular weight excluding hydrogens is 264 g/mol. The fourth-order valence-corrected chi connectivity index (χ4v) is 1.42. The molecule has 8 nitrogen and oxygen atoms in total. The summed E-state index contributed by atoms with van der Waals surface area (Å²) in [5, 5.41) is 14.1. The largest absolute Gasteiger partial charge is 0.433 e. The van der Waals surface area contributed by atoms with Crippen molar-refractivity contribution in [1.82, 2.24) is 10.4 Å². The summed E-state index contributed by atoms with van der Waals surface area (Å²) in [5.41, 5.74) is 3.41. The number of hydrazone groups is 1. The number of nitrogens with zero attached hydrogens (tertiary/aromatic N) is 3. The van der Waals surface area contributed by atoms with E-state index in [0.717, 1.165) is 0 Å². The number of rotatable bonds is 4. The monoisotopic (exact) mass is 274 g/mol. The van der Waals surface area contributed by atoms with Crippen molar-refractivity contribution in [2.75, 3.05) is 0 Å². The van der Waals surface area contributed by atoms with E-state index in [9.17, 15) is 14.9 Å². The Bertz CT molecular complexity index is 678. The molecule has 2 heterocycles. The van der Waals surface area contributed by atoms with Gasteiger partial charge in [-0.15, -0.1) is 0 Å². The van der Waals surface area contributed by atoms with E-state index in [1.165, 1.54) is 24.5 Å². The molecule has 102 valence electrons. The fourth-order valence-electron chi connectivity index (χ4n) is 1.42. The van der Waals surface area contributed by atoms with Gasteiger partial charge in [-0.1, -0.05) is 0 Å². The third-order valence-corrected chi connectivity index (χ3v) is 2.31. The minimum absolute atomic E-state index is 0.169. The fraction of sp³-hybridized carbons (Fsp3) is 0.0833. The van der Waals surface area contributed by atoms with Crippen LogP contribution in [0.2, 0.25) is 0 Å². The number of carbonyl (C=O) groups is 1. The van der Waals surface area contributed by atoms with Gasteiger partial charge in [0.1, 0.15) is 4.92 Å². The van der Waals surface area contributed by atoms with Gasteiger partial charge in [0.2, 0.25) is 0 Å². The maximum Gasteiger partial charge on any atom is 0.433 e. The molecule has 0 aliphatic heterocycles. The van der Waals surface area contributed by atoms with Gasteiger partial charge >= 0.3 is 5.88 Å². The van der Waals surface area contributed by atoms with Crippen LogP contribution < -0.4 is 5.43 Å². The van der Waals surface area contributed by atoms with Crippen LogP contribution >= 0.6 is 0 Å². The van der Waals surface area contributed by atoms with Crippen molar-refractivity contribution in [3.05, 3.63) is 57.6 Å². The summed E-state index contributed by atoms with van der Waals surface area (Å²) in [4.78, 5) is 25.4. The first kappa shape index (κ1) is 13.4. The first-order chi connectivity index (χ1) is 9.56. The molecule has 20 heavy (non-hydrogen) atoms. The highest BCUT2D eigenvalue weighted by atomic mass is 16.6. The lowest BCUT2D eigenvalue weighted by molar-refractivity contribution is -0.402. The highest BCUT2D eigenvalue weighted by Gasteiger charge is 2.10. The van der Waals surface area contributed by atoms with E-state index in [1.54, 1.807) is 19.1 Å². The van der Waals surface area contributed by atoms with Crippen molar-refractivity contribution in [3.63, 3.8) is 0 Å². The molecule has 0 aliphatic carbocycles. The summed E-state index contributed by atoms with van der Waals surface area (Å²) in [5.74, 6) is -0.627. The summed E-state index contributed by atoms with van der Waals surface area (Å²) in [6.45, 7) is 1.77. The first-order valence-corrected chi connectivity index (χ1v) is 5.56. The molecule has 0 bridgehead atoms. The van der Waals surface area contributed by atoms with Crippen LogP contribution in [0.15, 0.2) is 40.0 Å². The molecule has 2 rings (SSSR count). The molecule has 0 saturated carbocycles. The van der Waals surface area contributed by atoms with Crippen LogP contribution in [0.3, 0.4) is 0 Å². The molecule has 0 atom stereocenters. The summed E-state index contributed by atoms with van der Waals surface area (Å²) in [6, 6.07) is 5.75. The van der Waals surface area contributed by atoms with Gasteiger partial charge in [-0.2, -0.15) is 5.10 Å². The molecule has 0 unspecified atom stereocenters. The second-order valence-corrected chi connectivity index (χ2v) is 3.82. The first-order valence-electron chi connectivity index (χ1n) is 5.56. The van der Waals surface area contributed by atoms with E-state index < -0.39 is 10.8 Å². The molecule has 0 radical (unpaired) electrons. The van der Waals surface area contributed by atoms with Crippen LogP contribution in [0.1, 0.15) is 21.8 Å². The lowest BCUT2D eigenvalue weighted by Gasteiger charge is -1.99. The molecule has 1 amide bonds. The highest BCUT2D eigenvalue weighted by Crippen LogP contribution is 2.13. The van der Waals surface area contributed by atoms with E-state index in [4.69, 9.17) is 4.42 Å². The second kappa shape index (κ2) is 5.74. The van der Waals surface area contributed by atoms with Crippen molar-refractivity contribution in [3.8, 4) is 0 Å². The minimum Gasteiger partial charge on any atom is -0.400 e. The maximum absolute atomic E-state index is 11.7. The quantitative estimate of drug-likeness (QED) is 0.517. The Kier molecular flexibility index (Phi) is 3.85. The van der Waals surface area contributed by atoms with Crippen LogP contribution in [0.5, 0.6) is 0 Å². The van der Waals surface area contributed by atoms with Crippen molar-refractivity contribution < 1.29 is 14.1 Å². The third-order valence-electron chi connectivity index (χ3n) is 2.31. The number of amides is 1.